The summed E-state index contributed by atoms with van der Waals surface area (Å²) in [4.78, 5) is 18.6. The smallest absolute Gasteiger partial charge is 0.251 e. The number of nitrogens with one attached hydrogen (secondary N) is 1. The lowest BCUT2D eigenvalue weighted by molar-refractivity contribution is 0.0942. The summed E-state index contributed by atoms with van der Waals surface area (Å²) < 4.78 is 1.89. The molecule has 26 heavy (non-hydrogen) atoms. The second kappa shape index (κ2) is 8.17. The van der Waals surface area contributed by atoms with Gasteiger partial charge in [0.1, 0.15) is 0 Å². The van der Waals surface area contributed by atoms with Crippen molar-refractivity contribution in [1.82, 2.24) is 19.8 Å². The molecule has 6 heteroatoms. The van der Waals surface area contributed by atoms with Gasteiger partial charge in [-0.05, 0) is 50.0 Å². The van der Waals surface area contributed by atoms with Gasteiger partial charge in [0.25, 0.3) is 5.91 Å². The number of aromatic nitrogens is 2. The van der Waals surface area contributed by atoms with Crippen LogP contribution in [-0.4, -0.2) is 41.0 Å². The fourth-order valence-electron chi connectivity index (χ4n) is 2.80. The van der Waals surface area contributed by atoms with E-state index >= 15 is 0 Å². The summed E-state index contributed by atoms with van der Waals surface area (Å²) in [5.74, 6) is -0.110. The SMILES string of the molecule is CN(C)C(CNC(=O)c1ccc(-n2ccnc2)cc1)c1ccccc1Cl. The molecule has 3 aromatic rings. The lowest BCUT2D eigenvalue weighted by Gasteiger charge is -2.26. The van der Waals surface area contributed by atoms with E-state index in [0.29, 0.717) is 17.1 Å². The third kappa shape index (κ3) is 4.12. The van der Waals surface area contributed by atoms with Crippen molar-refractivity contribution in [2.45, 2.75) is 6.04 Å². The van der Waals surface area contributed by atoms with Crippen molar-refractivity contribution in [3.8, 4) is 5.69 Å². The van der Waals surface area contributed by atoms with Gasteiger partial charge >= 0.3 is 0 Å². The molecule has 2 aromatic carbocycles. The summed E-state index contributed by atoms with van der Waals surface area (Å²) in [6.07, 6.45) is 5.30. The Morgan fingerprint density at radius 1 is 1.19 bits per heavy atom. The number of benzene rings is 2. The van der Waals surface area contributed by atoms with Crippen molar-refractivity contribution in [1.29, 1.82) is 0 Å². The van der Waals surface area contributed by atoms with E-state index in [1.165, 1.54) is 0 Å². The minimum absolute atomic E-state index is 0.00197. The van der Waals surface area contributed by atoms with Gasteiger partial charge in [-0.3, -0.25) is 4.79 Å². The first-order chi connectivity index (χ1) is 12.6. The van der Waals surface area contributed by atoms with E-state index < -0.39 is 0 Å². The first-order valence-corrected chi connectivity index (χ1v) is 8.71. The number of hydrogen-bond donors (Lipinski definition) is 1. The van der Waals surface area contributed by atoms with Crippen LogP contribution in [0.4, 0.5) is 0 Å². The van der Waals surface area contributed by atoms with E-state index in [1.807, 2.05) is 78.3 Å². The molecule has 0 aliphatic carbocycles. The summed E-state index contributed by atoms with van der Waals surface area (Å²) in [7, 11) is 3.94. The molecule has 0 radical (unpaired) electrons. The predicted octanol–water partition coefficient (Wildman–Crippen LogP) is 3.56. The third-order valence-corrected chi connectivity index (χ3v) is 4.62. The Balaban J connectivity index is 1.68. The molecular weight excluding hydrogens is 348 g/mol. The normalized spacial score (nSPS) is 12.2. The lowest BCUT2D eigenvalue weighted by Crippen LogP contribution is -2.34. The number of carbonyl (C=O) groups is 1. The number of amides is 1. The fourth-order valence-corrected chi connectivity index (χ4v) is 3.07. The first kappa shape index (κ1) is 18.2. The quantitative estimate of drug-likeness (QED) is 0.723. The number of rotatable bonds is 6. The number of halogens is 1. The van der Waals surface area contributed by atoms with Crippen molar-refractivity contribution in [3.63, 3.8) is 0 Å². The molecule has 0 saturated heterocycles. The van der Waals surface area contributed by atoms with Crippen LogP contribution in [0, 0.1) is 0 Å². The van der Waals surface area contributed by atoms with Gasteiger partial charge in [-0.1, -0.05) is 29.8 Å². The molecule has 134 valence electrons. The number of nitrogens with zero attached hydrogens (tertiary/aromatic N) is 3. The molecule has 0 saturated carbocycles. The molecular formula is C20H21ClN4O. The lowest BCUT2D eigenvalue weighted by atomic mass is 10.1. The van der Waals surface area contributed by atoms with Gasteiger partial charge in [-0.15, -0.1) is 0 Å². The Kier molecular flexibility index (Phi) is 5.71. The van der Waals surface area contributed by atoms with Gasteiger partial charge in [-0.25, -0.2) is 4.98 Å². The van der Waals surface area contributed by atoms with Crippen molar-refractivity contribution >= 4 is 17.5 Å². The van der Waals surface area contributed by atoms with Gasteiger partial charge < -0.3 is 14.8 Å². The molecule has 0 aliphatic heterocycles. The Labute approximate surface area is 158 Å². The second-order valence-corrected chi connectivity index (χ2v) is 6.63. The summed E-state index contributed by atoms with van der Waals surface area (Å²) in [6.45, 7) is 0.471. The number of hydrogen-bond acceptors (Lipinski definition) is 3. The summed E-state index contributed by atoms with van der Waals surface area (Å²) in [5, 5.41) is 3.70. The average Bonchev–Trinajstić information content (AvgIpc) is 3.18. The molecule has 0 aliphatic rings. The Morgan fingerprint density at radius 3 is 2.54 bits per heavy atom. The molecule has 0 bridgehead atoms. The molecule has 1 atom stereocenters. The van der Waals surface area contributed by atoms with E-state index in [9.17, 15) is 4.79 Å². The molecule has 0 spiro atoms. The van der Waals surface area contributed by atoms with Gasteiger partial charge in [0, 0.05) is 35.2 Å². The number of likely N-dealkylation sites (N-methyl/N-ethyl adjacent to an activating group) is 1. The molecule has 1 amide bonds. The topological polar surface area (TPSA) is 50.2 Å². The fraction of sp³-hybridized carbons (Fsp3) is 0.200. The highest BCUT2D eigenvalue weighted by Gasteiger charge is 2.18. The highest BCUT2D eigenvalue weighted by atomic mass is 35.5. The maximum absolute atomic E-state index is 12.5. The Hall–Kier alpha value is -2.63. The molecule has 0 fully saturated rings. The van der Waals surface area contributed by atoms with Crippen LogP contribution in [0.2, 0.25) is 5.02 Å². The minimum atomic E-state index is -0.110. The highest BCUT2D eigenvalue weighted by molar-refractivity contribution is 6.31. The number of imidazole rings is 1. The van der Waals surface area contributed by atoms with Crippen LogP contribution in [-0.2, 0) is 0 Å². The molecule has 5 nitrogen and oxygen atoms in total. The minimum Gasteiger partial charge on any atom is -0.350 e. The zero-order chi connectivity index (χ0) is 18.5. The van der Waals surface area contributed by atoms with E-state index in [-0.39, 0.29) is 11.9 Å². The van der Waals surface area contributed by atoms with Crippen LogP contribution < -0.4 is 5.32 Å². The molecule has 1 aromatic heterocycles. The largest absolute Gasteiger partial charge is 0.350 e. The van der Waals surface area contributed by atoms with Gasteiger partial charge in [0.05, 0.1) is 12.4 Å². The summed E-state index contributed by atoms with van der Waals surface area (Å²) in [5.41, 5.74) is 2.57. The molecule has 3 rings (SSSR count). The Morgan fingerprint density at radius 2 is 1.92 bits per heavy atom. The number of carbonyl (C=O) groups excluding carboxylic acids is 1. The van der Waals surface area contributed by atoms with E-state index in [0.717, 1.165) is 11.3 Å². The third-order valence-electron chi connectivity index (χ3n) is 4.28. The van der Waals surface area contributed by atoms with Crippen molar-refractivity contribution in [2.24, 2.45) is 0 Å². The van der Waals surface area contributed by atoms with Crippen LogP contribution >= 0.6 is 11.6 Å². The zero-order valence-electron chi connectivity index (χ0n) is 14.8. The van der Waals surface area contributed by atoms with Gasteiger partial charge in [0.15, 0.2) is 0 Å². The Bertz CT molecular complexity index is 860. The van der Waals surface area contributed by atoms with Crippen molar-refractivity contribution < 1.29 is 4.79 Å². The zero-order valence-corrected chi connectivity index (χ0v) is 15.5. The van der Waals surface area contributed by atoms with E-state index in [1.54, 1.807) is 12.5 Å². The second-order valence-electron chi connectivity index (χ2n) is 6.23. The standard InChI is InChI=1S/C20H21ClN4O/c1-24(2)19(17-5-3-4-6-18(17)21)13-23-20(26)15-7-9-16(10-8-15)25-12-11-22-14-25/h3-12,14,19H,13H2,1-2H3,(H,23,26). The van der Waals surface area contributed by atoms with Crippen molar-refractivity contribution in [2.75, 3.05) is 20.6 Å². The van der Waals surface area contributed by atoms with Crippen LogP contribution in [0.15, 0.2) is 67.3 Å². The predicted molar refractivity (Wildman–Crippen MR) is 104 cm³/mol. The van der Waals surface area contributed by atoms with Gasteiger partial charge in [0.2, 0.25) is 0 Å². The van der Waals surface area contributed by atoms with Crippen molar-refractivity contribution in [3.05, 3.63) is 83.4 Å². The molecule has 1 heterocycles. The van der Waals surface area contributed by atoms with Crippen LogP contribution in [0.3, 0.4) is 0 Å². The van der Waals surface area contributed by atoms with Crippen LogP contribution in [0.1, 0.15) is 22.0 Å². The summed E-state index contributed by atoms with van der Waals surface area (Å²) in [6, 6.07) is 15.1. The summed E-state index contributed by atoms with van der Waals surface area (Å²) >= 11 is 6.31. The molecule has 1 unspecified atom stereocenters. The molecule has 1 N–H and O–H groups in total. The average molecular weight is 369 g/mol. The monoisotopic (exact) mass is 368 g/mol. The van der Waals surface area contributed by atoms with Crippen LogP contribution in [0.5, 0.6) is 0 Å². The maximum Gasteiger partial charge on any atom is 0.251 e. The maximum atomic E-state index is 12.5. The van der Waals surface area contributed by atoms with E-state index in [2.05, 4.69) is 10.3 Å². The van der Waals surface area contributed by atoms with Gasteiger partial charge in [-0.2, -0.15) is 0 Å². The highest BCUT2D eigenvalue weighted by Crippen LogP contribution is 2.25. The first-order valence-electron chi connectivity index (χ1n) is 8.33. The van der Waals surface area contributed by atoms with E-state index in [4.69, 9.17) is 11.6 Å². The van der Waals surface area contributed by atoms with Crippen LogP contribution in [0.25, 0.3) is 5.69 Å².